The van der Waals surface area contributed by atoms with Crippen LogP contribution in [0, 0.1) is 11.6 Å². The second kappa shape index (κ2) is 14.0. The lowest BCUT2D eigenvalue weighted by molar-refractivity contribution is -0.132. The third-order valence-corrected chi connectivity index (χ3v) is 9.08. The lowest BCUT2D eigenvalue weighted by Gasteiger charge is -2.23. The maximum Gasteiger partial charge on any atom is 0.301 e. The summed E-state index contributed by atoms with van der Waals surface area (Å²) in [6.07, 6.45) is 2.94. The normalized spacial score (nSPS) is 16.0. The molecule has 1 aliphatic rings. The summed E-state index contributed by atoms with van der Waals surface area (Å²) in [4.78, 5) is 28.3. The summed E-state index contributed by atoms with van der Waals surface area (Å²) in [6, 6.07) is 15.0. The van der Waals surface area contributed by atoms with Crippen LogP contribution in [0.3, 0.4) is 0 Å². The van der Waals surface area contributed by atoms with E-state index >= 15 is 0 Å². The Morgan fingerprint density at radius 3 is 2.36 bits per heavy atom. The average molecular weight is 638 g/mol. The number of hydrogen-bond acceptors (Lipinski definition) is 9. The molecule has 5 rings (SSSR count). The van der Waals surface area contributed by atoms with Gasteiger partial charge in [-0.3, -0.25) is 14.5 Å². The van der Waals surface area contributed by atoms with E-state index < -0.39 is 29.3 Å². The zero-order valence-electron chi connectivity index (χ0n) is 24.0. The van der Waals surface area contributed by atoms with Crippen LogP contribution in [0.1, 0.15) is 48.9 Å². The van der Waals surface area contributed by atoms with Crippen LogP contribution in [-0.4, -0.2) is 40.7 Å². The standard InChI is InChI=1S/C32H29F2N3O5S2/c1-3-4-5-16-42-24-15-10-21(17-25(24)41-2)27-26(28(38)20-8-13-23(34)14-9-20)29(39)30(40)37(27)31-35-36-32(44-31)43-18-19-6-11-22(33)12-7-19/h6-15,17,27,38H,3-5,16,18H2,1-2H3/b28-26-. The molecule has 0 aliphatic carbocycles. The smallest absolute Gasteiger partial charge is 0.301 e. The number of anilines is 1. The number of carbonyl (C=O) groups excluding carboxylic acids is 2. The lowest BCUT2D eigenvalue weighted by Crippen LogP contribution is -2.29. The molecular weight excluding hydrogens is 608 g/mol. The van der Waals surface area contributed by atoms with E-state index in [-0.39, 0.29) is 22.1 Å². The van der Waals surface area contributed by atoms with E-state index in [4.69, 9.17) is 9.47 Å². The minimum atomic E-state index is -1.09. The van der Waals surface area contributed by atoms with Crippen molar-refractivity contribution in [2.45, 2.75) is 42.3 Å². The van der Waals surface area contributed by atoms with Gasteiger partial charge in [0.1, 0.15) is 17.4 Å². The molecule has 1 amide bonds. The average Bonchev–Trinajstić information content (AvgIpc) is 3.60. The molecule has 1 saturated heterocycles. The zero-order valence-corrected chi connectivity index (χ0v) is 25.6. The van der Waals surface area contributed by atoms with Crippen LogP contribution in [0.4, 0.5) is 13.9 Å². The second-order valence-electron chi connectivity index (χ2n) is 9.91. The van der Waals surface area contributed by atoms with E-state index in [9.17, 15) is 23.5 Å². The summed E-state index contributed by atoms with van der Waals surface area (Å²) in [5.74, 6) is -1.76. The first-order chi connectivity index (χ1) is 21.3. The number of aromatic nitrogens is 2. The number of rotatable bonds is 12. The van der Waals surface area contributed by atoms with E-state index in [1.54, 1.807) is 30.3 Å². The van der Waals surface area contributed by atoms with Crippen LogP contribution in [0.15, 0.2) is 76.6 Å². The molecule has 1 aromatic heterocycles. The monoisotopic (exact) mass is 637 g/mol. The number of ether oxygens (including phenoxy) is 2. The number of aliphatic hydroxyl groups excluding tert-OH is 1. The number of carbonyl (C=O) groups is 2. The molecule has 3 aromatic carbocycles. The number of unbranched alkanes of at least 4 members (excludes halogenated alkanes) is 2. The summed E-state index contributed by atoms with van der Waals surface area (Å²) >= 11 is 2.46. The van der Waals surface area contributed by atoms with Gasteiger partial charge in [0.15, 0.2) is 15.8 Å². The number of halogens is 2. The number of methoxy groups -OCH3 is 1. The molecule has 1 N–H and O–H groups in total. The molecule has 2 heterocycles. The molecule has 0 saturated carbocycles. The van der Waals surface area contributed by atoms with Crippen molar-refractivity contribution in [3.05, 3.63) is 101 Å². The summed E-state index contributed by atoms with van der Waals surface area (Å²) in [5, 5.41) is 19.9. The van der Waals surface area contributed by atoms with Gasteiger partial charge in [-0.25, -0.2) is 8.78 Å². The number of amides is 1. The highest BCUT2D eigenvalue weighted by atomic mass is 32.2. The van der Waals surface area contributed by atoms with Gasteiger partial charge in [-0.15, -0.1) is 10.2 Å². The van der Waals surface area contributed by atoms with Gasteiger partial charge < -0.3 is 14.6 Å². The van der Waals surface area contributed by atoms with Crippen molar-refractivity contribution in [2.24, 2.45) is 0 Å². The Hall–Kier alpha value is -4.29. The molecule has 4 aromatic rings. The first kappa shape index (κ1) is 31.1. The Labute approximate surface area is 261 Å². The first-order valence-corrected chi connectivity index (χ1v) is 15.7. The number of thioether (sulfide) groups is 1. The third-order valence-electron chi connectivity index (χ3n) is 6.95. The van der Waals surface area contributed by atoms with Crippen molar-refractivity contribution in [1.82, 2.24) is 10.2 Å². The molecule has 1 aliphatic heterocycles. The molecule has 0 spiro atoms. The molecule has 8 nitrogen and oxygen atoms in total. The van der Waals surface area contributed by atoms with Gasteiger partial charge in [0, 0.05) is 11.3 Å². The highest BCUT2D eigenvalue weighted by molar-refractivity contribution is 8.00. The molecular formula is C32H29F2N3O5S2. The van der Waals surface area contributed by atoms with Gasteiger partial charge in [0.05, 0.1) is 25.3 Å². The van der Waals surface area contributed by atoms with Crippen molar-refractivity contribution < 1.29 is 33.0 Å². The third kappa shape index (κ3) is 6.76. The molecule has 1 unspecified atom stereocenters. The molecule has 1 fully saturated rings. The molecule has 12 heteroatoms. The molecule has 0 radical (unpaired) electrons. The van der Waals surface area contributed by atoms with Gasteiger partial charge in [-0.2, -0.15) is 0 Å². The van der Waals surface area contributed by atoms with Crippen molar-refractivity contribution >= 4 is 45.7 Å². The van der Waals surface area contributed by atoms with Crippen LogP contribution < -0.4 is 14.4 Å². The number of ketones is 1. The van der Waals surface area contributed by atoms with Crippen LogP contribution in [0.2, 0.25) is 0 Å². The molecule has 0 bridgehead atoms. The summed E-state index contributed by atoms with van der Waals surface area (Å²) < 4.78 is 39.0. The van der Waals surface area contributed by atoms with E-state index in [1.165, 1.54) is 48.0 Å². The zero-order chi connectivity index (χ0) is 31.2. The predicted molar refractivity (Wildman–Crippen MR) is 165 cm³/mol. The number of benzene rings is 3. The van der Waals surface area contributed by atoms with Crippen molar-refractivity contribution in [3.8, 4) is 11.5 Å². The highest BCUT2D eigenvalue weighted by Gasteiger charge is 2.48. The maximum absolute atomic E-state index is 13.6. The van der Waals surface area contributed by atoms with Crippen LogP contribution in [0.25, 0.3) is 5.76 Å². The predicted octanol–water partition coefficient (Wildman–Crippen LogP) is 7.31. The fraction of sp³-hybridized carbons (Fsp3) is 0.250. The Morgan fingerprint density at radius 1 is 0.977 bits per heavy atom. The Bertz CT molecular complexity index is 1680. The lowest BCUT2D eigenvalue weighted by atomic mass is 9.95. The SMILES string of the molecule is CCCCCOc1ccc(C2/C(=C(/O)c3ccc(F)cc3)C(=O)C(=O)N2c2nnc(SCc3ccc(F)cc3)s2)cc1OC. The summed E-state index contributed by atoms with van der Waals surface area (Å²) in [5.41, 5.74) is 1.32. The van der Waals surface area contributed by atoms with E-state index in [0.717, 1.165) is 48.3 Å². The Morgan fingerprint density at radius 2 is 1.68 bits per heavy atom. The fourth-order valence-corrected chi connectivity index (χ4v) is 6.52. The fourth-order valence-electron chi connectivity index (χ4n) is 4.70. The van der Waals surface area contributed by atoms with Crippen molar-refractivity contribution in [1.29, 1.82) is 0 Å². The van der Waals surface area contributed by atoms with Crippen LogP contribution in [-0.2, 0) is 15.3 Å². The summed E-state index contributed by atoms with van der Waals surface area (Å²) in [6.45, 7) is 2.60. The number of nitrogens with zero attached hydrogens (tertiary/aromatic N) is 3. The second-order valence-corrected chi connectivity index (χ2v) is 12.1. The topological polar surface area (TPSA) is 102 Å². The Kier molecular flexibility index (Phi) is 9.91. The number of Topliss-reactive ketones (excluding diaryl/α,β-unsaturated/α-hetero) is 1. The quantitative estimate of drug-likeness (QED) is 0.0431. The van der Waals surface area contributed by atoms with E-state index in [2.05, 4.69) is 17.1 Å². The molecule has 44 heavy (non-hydrogen) atoms. The minimum Gasteiger partial charge on any atom is -0.507 e. The van der Waals surface area contributed by atoms with Crippen LogP contribution in [0.5, 0.6) is 11.5 Å². The largest absolute Gasteiger partial charge is 0.507 e. The first-order valence-electron chi connectivity index (χ1n) is 13.9. The Balaban J connectivity index is 1.53. The van der Waals surface area contributed by atoms with Gasteiger partial charge in [0.25, 0.3) is 5.78 Å². The van der Waals surface area contributed by atoms with E-state index in [0.29, 0.717) is 33.8 Å². The molecule has 1 atom stereocenters. The van der Waals surface area contributed by atoms with Crippen molar-refractivity contribution in [3.63, 3.8) is 0 Å². The van der Waals surface area contributed by atoms with Crippen LogP contribution >= 0.6 is 23.1 Å². The number of aliphatic hydroxyl groups is 1. The van der Waals surface area contributed by atoms with Gasteiger partial charge in [-0.05, 0) is 66.1 Å². The minimum absolute atomic E-state index is 0.149. The van der Waals surface area contributed by atoms with E-state index in [1.807, 2.05) is 0 Å². The number of hydrogen-bond donors (Lipinski definition) is 1. The molecule has 228 valence electrons. The summed E-state index contributed by atoms with van der Waals surface area (Å²) in [7, 11) is 1.49. The van der Waals surface area contributed by atoms with Gasteiger partial charge >= 0.3 is 5.91 Å². The highest BCUT2D eigenvalue weighted by Crippen LogP contribution is 2.45. The maximum atomic E-state index is 13.6. The van der Waals surface area contributed by atoms with Gasteiger partial charge in [-0.1, -0.05) is 61.1 Å². The van der Waals surface area contributed by atoms with Crippen molar-refractivity contribution in [2.75, 3.05) is 18.6 Å². The van der Waals surface area contributed by atoms with Gasteiger partial charge in [0.2, 0.25) is 5.13 Å².